The number of carbonyl (C=O) groups is 1. The Morgan fingerprint density at radius 1 is 1.15 bits per heavy atom. The minimum absolute atomic E-state index is 0.107. The molecule has 1 aromatic heterocycles. The molecular weight excluding hydrogens is 344 g/mol. The van der Waals surface area contributed by atoms with Crippen LogP contribution in [0.3, 0.4) is 0 Å². The maximum atomic E-state index is 12.5. The number of carbonyl (C=O) groups excluding carboxylic acids is 1. The standard InChI is InChI=1S/C20H28N4OS/c1-20(2,3)19-22-17(14-26-19)13-23-8-10-24(11-9-23)18(25)12-15-4-6-16(21)7-5-15/h4-7,14H,8-13,21H2,1-3H3. The van der Waals surface area contributed by atoms with Crippen molar-refractivity contribution in [1.29, 1.82) is 0 Å². The number of rotatable bonds is 4. The molecule has 0 aliphatic carbocycles. The Morgan fingerprint density at radius 3 is 2.38 bits per heavy atom. The quantitative estimate of drug-likeness (QED) is 0.838. The van der Waals surface area contributed by atoms with Crippen LogP contribution in [0.25, 0.3) is 0 Å². The Bertz CT molecular complexity index is 740. The van der Waals surface area contributed by atoms with Gasteiger partial charge in [-0.2, -0.15) is 0 Å². The summed E-state index contributed by atoms with van der Waals surface area (Å²) in [5.74, 6) is 0.193. The number of piperazine rings is 1. The third-order valence-electron chi connectivity index (χ3n) is 4.64. The predicted molar refractivity (Wildman–Crippen MR) is 107 cm³/mol. The zero-order chi connectivity index (χ0) is 18.7. The highest BCUT2D eigenvalue weighted by Crippen LogP contribution is 2.26. The maximum Gasteiger partial charge on any atom is 0.227 e. The van der Waals surface area contributed by atoms with Crippen molar-refractivity contribution in [3.05, 3.63) is 45.9 Å². The average molecular weight is 373 g/mol. The normalized spacial score (nSPS) is 16.0. The molecule has 6 heteroatoms. The van der Waals surface area contributed by atoms with E-state index in [2.05, 4.69) is 31.1 Å². The van der Waals surface area contributed by atoms with Crippen molar-refractivity contribution in [2.45, 2.75) is 39.2 Å². The maximum absolute atomic E-state index is 12.5. The smallest absolute Gasteiger partial charge is 0.227 e. The highest BCUT2D eigenvalue weighted by molar-refractivity contribution is 7.09. The van der Waals surface area contributed by atoms with Crippen LogP contribution < -0.4 is 5.73 Å². The van der Waals surface area contributed by atoms with Crippen LogP contribution in [0.4, 0.5) is 5.69 Å². The predicted octanol–water partition coefficient (Wildman–Crippen LogP) is 2.91. The van der Waals surface area contributed by atoms with E-state index in [9.17, 15) is 4.79 Å². The number of hydrogen-bond acceptors (Lipinski definition) is 5. The molecule has 1 saturated heterocycles. The molecular formula is C20H28N4OS. The second kappa shape index (κ2) is 7.76. The highest BCUT2D eigenvalue weighted by atomic mass is 32.1. The number of hydrogen-bond donors (Lipinski definition) is 1. The van der Waals surface area contributed by atoms with Crippen molar-refractivity contribution in [1.82, 2.24) is 14.8 Å². The summed E-state index contributed by atoms with van der Waals surface area (Å²) in [6.07, 6.45) is 0.446. The number of aromatic nitrogens is 1. The van der Waals surface area contributed by atoms with Crippen LogP contribution in [0.1, 0.15) is 37.0 Å². The third-order valence-corrected chi connectivity index (χ3v) is 5.96. The van der Waals surface area contributed by atoms with E-state index in [0.717, 1.165) is 49.7 Å². The SMILES string of the molecule is CC(C)(C)c1nc(CN2CCN(C(=O)Cc3ccc(N)cc3)CC2)cs1. The minimum Gasteiger partial charge on any atom is -0.399 e. The molecule has 3 rings (SSSR count). The third kappa shape index (κ3) is 4.83. The minimum atomic E-state index is 0.107. The van der Waals surface area contributed by atoms with Gasteiger partial charge in [-0.3, -0.25) is 9.69 Å². The number of amides is 1. The molecule has 1 aliphatic rings. The molecule has 0 unspecified atom stereocenters. The first-order valence-corrected chi connectivity index (χ1v) is 9.98. The zero-order valence-corrected chi connectivity index (χ0v) is 16.7. The van der Waals surface area contributed by atoms with E-state index < -0.39 is 0 Å². The van der Waals surface area contributed by atoms with Crippen molar-refractivity contribution in [3.8, 4) is 0 Å². The average Bonchev–Trinajstić information content (AvgIpc) is 3.06. The van der Waals surface area contributed by atoms with Crippen molar-refractivity contribution in [2.75, 3.05) is 31.9 Å². The summed E-state index contributed by atoms with van der Waals surface area (Å²) in [4.78, 5) is 21.6. The molecule has 140 valence electrons. The monoisotopic (exact) mass is 372 g/mol. The number of nitrogens with two attached hydrogens (primary N) is 1. The first-order chi connectivity index (χ1) is 12.3. The number of nitrogen functional groups attached to an aromatic ring is 1. The molecule has 1 amide bonds. The summed E-state index contributed by atoms with van der Waals surface area (Å²) in [5, 5.41) is 3.35. The largest absolute Gasteiger partial charge is 0.399 e. The van der Waals surface area contributed by atoms with Crippen LogP contribution >= 0.6 is 11.3 Å². The van der Waals surface area contributed by atoms with Crippen LogP contribution in [0.2, 0.25) is 0 Å². The number of benzene rings is 1. The van der Waals surface area contributed by atoms with Gasteiger partial charge in [0, 0.05) is 49.2 Å². The van der Waals surface area contributed by atoms with Crippen LogP contribution in [0.15, 0.2) is 29.6 Å². The van der Waals surface area contributed by atoms with Gasteiger partial charge in [-0.1, -0.05) is 32.9 Å². The molecule has 0 spiro atoms. The van der Waals surface area contributed by atoms with Crippen LogP contribution in [0, 0.1) is 0 Å². The van der Waals surface area contributed by atoms with Crippen molar-refractivity contribution in [3.63, 3.8) is 0 Å². The topological polar surface area (TPSA) is 62.5 Å². The first-order valence-electron chi connectivity index (χ1n) is 9.11. The molecule has 0 atom stereocenters. The van der Waals surface area contributed by atoms with E-state index in [4.69, 9.17) is 10.7 Å². The molecule has 5 nitrogen and oxygen atoms in total. The second-order valence-corrected chi connectivity index (χ2v) is 8.83. The number of anilines is 1. The van der Waals surface area contributed by atoms with Crippen molar-refractivity contribution in [2.24, 2.45) is 0 Å². The molecule has 0 saturated carbocycles. The van der Waals surface area contributed by atoms with Gasteiger partial charge in [-0.05, 0) is 17.7 Å². The molecule has 1 aliphatic heterocycles. The Kier molecular flexibility index (Phi) is 5.63. The van der Waals surface area contributed by atoms with E-state index in [0.29, 0.717) is 6.42 Å². The lowest BCUT2D eigenvalue weighted by Crippen LogP contribution is -2.48. The lowest BCUT2D eigenvalue weighted by molar-refractivity contribution is -0.132. The molecule has 2 heterocycles. The summed E-state index contributed by atoms with van der Waals surface area (Å²) >= 11 is 1.74. The van der Waals surface area contributed by atoms with Crippen LogP contribution in [-0.4, -0.2) is 46.9 Å². The molecule has 1 fully saturated rings. The van der Waals surface area contributed by atoms with E-state index in [-0.39, 0.29) is 11.3 Å². The van der Waals surface area contributed by atoms with Crippen LogP contribution in [-0.2, 0) is 23.2 Å². The number of thiazole rings is 1. The van der Waals surface area contributed by atoms with Crippen molar-refractivity contribution < 1.29 is 4.79 Å². The first kappa shape index (κ1) is 18.9. The van der Waals surface area contributed by atoms with Gasteiger partial charge < -0.3 is 10.6 Å². The lowest BCUT2D eigenvalue weighted by Gasteiger charge is -2.34. The van der Waals surface area contributed by atoms with Crippen LogP contribution in [0.5, 0.6) is 0 Å². The fourth-order valence-electron chi connectivity index (χ4n) is 3.03. The van der Waals surface area contributed by atoms with Gasteiger partial charge in [0.25, 0.3) is 0 Å². The Hall–Kier alpha value is -1.92. The number of nitrogens with zero attached hydrogens (tertiary/aromatic N) is 3. The van der Waals surface area contributed by atoms with Gasteiger partial charge >= 0.3 is 0 Å². The summed E-state index contributed by atoms with van der Waals surface area (Å²) in [6.45, 7) is 10.8. The Morgan fingerprint density at radius 2 is 1.81 bits per heavy atom. The van der Waals surface area contributed by atoms with Gasteiger partial charge in [-0.25, -0.2) is 4.98 Å². The van der Waals surface area contributed by atoms with E-state index in [1.165, 1.54) is 5.01 Å². The Balaban J connectivity index is 1.48. The van der Waals surface area contributed by atoms with E-state index in [1.54, 1.807) is 11.3 Å². The Labute approximate surface area is 159 Å². The molecule has 0 radical (unpaired) electrons. The highest BCUT2D eigenvalue weighted by Gasteiger charge is 2.23. The van der Waals surface area contributed by atoms with Gasteiger partial charge in [-0.15, -0.1) is 11.3 Å². The summed E-state index contributed by atoms with van der Waals surface area (Å²) in [7, 11) is 0. The van der Waals surface area contributed by atoms with E-state index in [1.807, 2.05) is 29.2 Å². The van der Waals surface area contributed by atoms with Gasteiger partial charge in [0.2, 0.25) is 5.91 Å². The fourth-order valence-corrected chi connectivity index (χ4v) is 3.93. The van der Waals surface area contributed by atoms with Gasteiger partial charge in [0.05, 0.1) is 17.1 Å². The summed E-state index contributed by atoms with van der Waals surface area (Å²) in [5.41, 5.74) is 8.69. The van der Waals surface area contributed by atoms with Crippen molar-refractivity contribution >= 4 is 22.9 Å². The molecule has 0 bridgehead atoms. The molecule has 1 aromatic carbocycles. The zero-order valence-electron chi connectivity index (χ0n) is 15.9. The molecule has 2 aromatic rings. The van der Waals surface area contributed by atoms with E-state index >= 15 is 0 Å². The summed E-state index contributed by atoms with van der Waals surface area (Å²) < 4.78 is 0. The second-order valence-electron chi connectivity index (χ2n) is 7.97. The molecule has 2 N–H and O–H groups in total. The van der Waals surface area contributed by atoms with Gasteiger partial charge in [0.15, 0.2) is 0 Å². The lowest BCUT2D eigenvalue weighted by atomic mass is 9.98. The summed E-state index contributed by atoms with van der Waals surface area (Å²) in [6, 6.07) is 7.55. The fraction of sp³-hybridized carbons (Fsp3) is 0.500. The van der Waals surface area contributed by atoms with Gasteiger partial charge in [0.1, 0.15) is 0 Å². The molecule has 26 heavy (non-hydrogen) atoms.